The Labute approximate surface area is 58.9 Å². The number of hydrogen-bond acceptors (Lipinski definition) is 1. The molecule has 0 unspecified atom stereocenters. The zero-order valence-electron chi connectivity index (χ0n) is 4.44. The van der Waals surface area contributed by atoms with Crippen LogP contribution in [0.2, 0.25) is 0 Å². The van der Waals surface area contributed by atoms with Crippen molar-refractivity contribution >= 4 is 17.6 Å². The number of carboxylic acids is 1. The normalized spacial score (nSPS) is 13.4. The van der Waals surface area contributed by atoms with Crippen molar-refractivity contribution in [3.05, 3.63) is 11.1 Å². The molecule has 0 aromatic heterocycles. The minimum absolute atomic E-state index is 0.0116. The second-order valence-corrected chi connectivity index (χ2v) is 1.54. The quantitative estimate of drug-likeness (QED) is 0.615. The molecule has 0 spiro atoms. The first-order valence-electron chi connectivity index (χ1n) is 2.00. The number of hydrogen-bond donors (Lipinski definition) is 1. The van der Waals surface area contributed by atoms with Crippen LogP contribution in [0.5, 0.6) is 0 Å². The van der Waals surface area contributed by atoms with Gasteiger partial charge < -0.3 is 5.11 Å². The average molecular weight is 175 g/mol. The van der Waals surface area contributed by atoms with Crippen LogP contribution >= 0.6 is 11.6 Å². The van der Waals surface area contributed by atoms with Gasteiger partial charge >= 0.3 is 12.1 Å². The summed E-state index contributed by atoms with van der Waals surface area (Å²) >= 11 is 4.58. The third-order valence-electron chi connectivity index (χ3n) is 0.645. The van der Waals surface area contributed by atoms with Gasteiger partial charge in [0.25, 0.3) is 0 Å². The summed E-state index contributed by atoms with van der Waals surface area (Å²) in [7, 11) is 0. The highest BCUT2D eigenvalue weighted by atomic mass is 35.5. The van der Waals surface area contributed by atoms with E-state index in [0.717, 1.165) is 0 Å². The Morgan fingerprint density at radius 3 is 1.90 bits per heavy atom. The molecule has 0 aliphatic rings. The molecular weight excluding hydrogens is 172 g/mol. The largest absolute Gasteiger partial charge is 0.478 e. The van der Waals surface area contributed by atoms with Crippen molar-refractivity contribution in [3.63, 3.8) is 0 Å². The van der Waals surface area contributed by atoms with Crippen molar-refractivity contribution in [3.8, 4) is 0 Å². The fraction of sp³-hybridized carbons (Fsp3) is 0.250. The Hall–Kier alpha value is -0.710. The summed E-state index contributed by atoms with van der Waals surface area (Å²) in [6.07, 6.45) is -4.88. The van der Waals surface area contributed by atoms with Crippen LogP contribution in [0.4, 0.5) is 13.2 Å². The van der Waals surface area contributed by atoms with Crippen molar-refractivity contribution in [2.45, 2.75) is 6.18 Å². The first-order chi connectivity index (χ1) is 4.39. The molecule has 10 heavy (non-hydrogen) atoms. The molecule has 0 aromatic carbocycles. The molecule has 6 heteroatoms. The molecule has 0 amide bonds. The van der Waals surface area contributed by atoms with Gasteiger partial charge in [-0.3, -0.25) is 0 Å². The van der Waals surface area contributed by atoms with E-state index < -0.39 is 17.7 Å². The number of halogens is 4. The minimum atomic E-state index is -4.88. The van der Waals surface area contributed by atoms with Crippen molar-refractivity contribution in [1.82, 2.24) is 0 Å². The van der Waals surface area contributed by atoms with Crippen LogP contribution in [-0.2, 0) is 4.79 Å². The monoisotopic (exact) mass is 174 g/mol. The smallest absolute Gasteiger partial charge is 0.424 e. The Kier molecular flexibility index (Phi) is 2.71. The Balaban J connectivity index is 4.56. The van der Waals surface area contributed by atoms with Gasteiger partial charge in [0.05, 0.1) is 0 Å². The highest BCUT2D eigenvalue weighted by Gasteiger charge is 2.38. The SMILES string of the molecule is O=C(O)C(=CCl)C(F)(F)F. The summed E-state index contributed by atoms with van der Waals surface area (Å²) in [5, 5.41) is 7.84. The maximum atomic E-state index is 11.4. The number of carboxylic acid groups (broad SMARTS) is 1. The first-order valence-corrected chi connectivity index (χ1v) is 2.44. The Bertz CT molecular complexity index is 172. The summed E-state index contributed by atoms with van der Waals surface area (Å²) in [6, 6.07) is 0. The lowest BCUT2D eigenvalue weighted by molar-refractivity contribution is -0.144. The van der Waals surface area contributed by atoms with Crippen LogP contribution in [0.25, 0.3) is 0 Å². The highest BCUT2D eigenvalue weighted by Crippen LogP contribution is 2.25. The van der Waals surface area contributed by atoms with E-state index in [1.807, 2.05) is 0 Å². The summed E-state index contributed by atoms with van der Waals surface area (Å²) in [5.41, 5.74) is -1.78. The van der Waals surface area contributed by atoms with Gasteiger partial charge in [0.1, 0.15) is 0 Å². The number of rotatable bonds is 1. The van der Waals surface area contributed by atoms with Gasteiger partial charge in [-0.15, -0.1) is 0 Å². The van der Waals surface area contributed by atoms with Crippen molar-refractivity contribution in [2.24, 2.45) is 0 Å². The second kappa shape index (κ2) is 2.92. The average Bonchev–Trinajstić information content (AvgIpc) is 1.60. The van der Waals surface area contributed by atoms with E-state index in [1.54, 1.807) is 0 Å². The maximum Gasteiger partial charge on any atom is 0.424 e. The highest BCUT2D eigenvalue weighted by molar-refractivity contribution is 6.27. The number of aliphatic carboxylic acids is 1. The second-order valence-electron chi connectivity index (χ2n) is 1.33. The third-order valence-corrected chi connectivity index (χ3v) is 0.863. The van der Waals surface area contributed by atoms with E-state index in [-0.39, 0.29) is 5.54 Å². The van der Waals surface area contributed by atoms with Crippen LogP contribution in [0.3, 0.4) is 0 Å². The summed E-state index contributed by atoms with van der Waals surface area (Å²) in [5.74, 6) is -2.08. The molecule has 0 radical (unpaired) electrons. The Morgan fingerprint density at radius 2 is 1.90 bits per heavy atom. The molecule has 0 rings (SSSR count). The lowest BCUT2D eigenvalue weighted by Crippen LogP contribution is -2.18. The third kappa shape index (κ3) is 2.26. The molecule has 1 N–H and O–H groups in total. The molecular formula is C4H2ClF3O2. The molecule has 0 fully saturated rings. The molecule has 0 saturated carbocycles. The van der Waals surface area contributed by atoms with Crippen molar-refractivity contribution in [2.75, 3.05) is 0 Å². The van der Waals surface area contributed by atoms with Gasteiger partial charge in [-0.1, -0.05) is 11.6 Å². The molecule has 0 atom stereocenters. The predicted octanol–water partition coefficient (Wildman–Crippen LogP) is 1.76. The van der Waals surface area contributed by atoms with Gasteiger partial charge in [0, 0.05) is 5.54 Å². The van der Waals surface area contributed by atoms with Crippen molar-refractivity contribution in [1.29, 1.82) is 0 Å². The van der Waals surface area contributed by atoms with E-state index in [2.05, 4.69) is 11.6 Å². The zero-order chi connectivity index (χ0) is 8.36. The topological polar surface area (TPSA) is 37.3 Å². The van der Waals surface area contributed by atoms with E-state index in [1.165, 1.54) is 0 Å². The van der Waals surface area contributed by atoms with Crippen LogP contribution in [0, 0.1) is 0 Å². The van der Waals surface area contributed by atoms with Crippen molar-refractivity contribution < 1.29 is 23.1 Å². The molecule has 2 nitrogen and oxygen atoms in total. The van der Waals surface area contributed by atoms with Crippen LogP contribution in [-0.4, -0.2) is 17.3 Å². The van der Waals surface area contributed by atoms with Gasteiger partial charge in [-0.05, 0) is 0 Å². The molecule has 0 aliphatic carbocycles. The molecule has 0 heterocycles. The fourth-order valence-electron chi connectivity index (χ4n) is 0.230. The summed E-state index contributed by atoms with van der Waals surface area (Å²) < 4.78 is 34.3. The van der Waals surface area contributed by atoms with E-state index in [0.29, 0.717) is 0 Å². The molecule has 0 aliphatic heterocycles. The van der Waals surface area contributed by atoms with Gasteiger partial charge in [0.2, 0.25) is 0 Å². The lowest BCUT2D eigenvalue weighted by atomic mass is 10.3. The summed E-state index contributed by atoms with van der Waals surface area (Å²) in [4.78, 5) is 9.70. The van der Waals surface area contributed by atoms with Gasteiger partial charge in [-0.25, -0.2) is 4.79 Å². The Morgan fingerprint density at radius 1 is 1.50 bits per heavy atom. The van der Waals surface area contributed by atoms with Crippen LogP contribution < -0.4 is 0 Å². The number of alkyl halides is 3. The minimum Gasteiger partial charge on any atom is -0.478 e. The van der Waals surface area contributed by atoms with E-state index in [4.69, 9.17) is 5.11 Å². The predicted molar refractivity (Wildman–Crippen MR) is 27.6 cm³/mol. The summed E-state index contributed by atoms with van der Waals surface area (Å²) in [6.45, 7) is 0. The molecule has 58 valence electrons. The molecule has 0 aromatic rings. The standard InChI is InChI=1S/C4H2ClF3O2/c5-1-2(3(9)10)4(6,7)8/h1H,(H,9,10). The van der Waals surface area contributed by atoms with Crippen LogP contribution in [0.1, 0.15) is 0 Å². The maximum absolute atomic E-state index is 11.4. The first kappa shape index (κ1) is 9.29. The van der Waals surface area contributed by atoms with E-state index in [9.17, 15) is 18.0 Å². The zero-order valence-corrected chi connectivity index (χ0v) is 5.20. The van der Waals surface area contributed by atoms with Gasteiger partial charge in [0.15, 0.2) is 5.57 Å². The molecule has 0 saturated heterocycles. The lowest BCUT2D eigenvalue weighted by Gasteiger charge is -2.03. The van der Waals surface area contributed by atoms with E-state index >= 15 is 0 Å². The van der Waals surface area contributed by atoms with Crippen LogP contribution in [0.15, 0.2) is 11.1 Å². The van der Waals surface area contributed by atoms with Gasteiger partial charge in [-0.2, -0.15) is 13.2 Å². The fourth-order valence-corrected chi connectivity index (χ4v) is 0.447. The molecule has 0 bridgehead atoms. The number of carbonyl (C=O) groups is 1.